The molecule has 28 heavy (non-hydrogen) atoms. The second kappa shape index (κ2) is 7.56. The van der Waals surface area contributed by atoms with Gasteiger partial charge in [-0.05, 0) is 63.5 Å². The number of hydrogen-bond acceptors (Lipinski definition) is 2. The monoisotopic (exact) mass is 439 g/mol. The predicted molar refractivity (Wildman–Crippen MR) is 111 cm³/mol. The highest BCUT2D eigenvalue weighted by Crippen LogP contribution is 2.38. The molecule has 0 atom stereocenters. The van der Waals surface area contributed by atoms with Crippen molar-refractivity contribution in [2.75, 3.05) is 4.90 Å². The molecule has 0 saturated heterocycles. The molecule has 0 spiro atoms. The van der Waals surface area contributed by atoms with Gasteiger partial charge in [0.15, 0.2) is 11.6 Å². The highest BCUT2D eigenvalue weighted by Gasteiger charge is 2.19. The standard InChI is InChI=1S/C22H16BrF2N3/c1-27-22(19(23)14-26-27)28(17-5-3-2-4-6-17)18-10-7-15(8-11-18)16-9-12-20(24)21(25)13-16/h2-14H,1H3. The molecule has 4 aromatic rings. The lowest BCUT2D eigenvalue weighted by molar-refractivity contribution is 0.509. The van der Waals surface area contributed by atoms with E-state index < -0.39 is 11.6 Å². The minimum absolute atomic E-state index is 0.624. The summed E-state index contributed by atoms with van der Waals surface area (Å²) in [6, 6.07) is 21.5. The number of hydrogen-bond donors (Lipinski definition) is 0. The number of rotatable bonds is 4. The van der Waals surface area contributed by atoms with E-state index in [-0.39, 0.29) is 0 Å². The molecule has 0 unspecified atom stereocenters. The summed E-state index contributed by atoms with van der Waals surface area (Å²) in [5.74, 6) is -0.824. The zero-order valence-corrected chi connectivity index (χ0v) is 16.6. The smallest absolute Gasteiger partial charge is 0.159 e. The fourth-order valence-electron chi connectivity index (χ4n) is 3.11. The van der Waals surface area contributed by atoms with Crippen LogP contribution in [0.2, 0.25) is 0 Å². The van der Waals surface area contributed by atoms with Gasteiger partial charge in [-0.2, -0.15) is 5.10 Å². The van der Waals surface area contributed by atoms with Gasteiger partial charge in [-0.25, -0.2) is 8.78 Å². The number of anilines is 3. The topological polar surface area (TPSA) is 21.1 Å². The molecule has 0 aliphatic heterocycles. The first-order chi connectivity index (χ1) is 13.5. The number of aryl methyl sites for hydroxylation is 1. The Labute approximate surface area is 170 Å². The summed E-state index contributed by atoms with van der Waals surface area (Å²) in [4.78, 5) is 2.08. The van der Waals surface area contributed by atoms with Crippen molar-refractivity contribution in [3.63, 3.8) is 0 Å². The Morgan fingerprint density at radius 3 is 2.07 bits per heavy atom. The third-order valence-corrected chi connectivity index (χ3v) is 5.03. The molecular formula is C22H16BrF2N3. The van der Waals surface area contributed by atoms with Crippen molar-refractivity contribution in [2.45, 2.75) is 0 Å². The Hall–Kier alpha value is -2.99. The highest BCUT2D eigenvalue weighted by atomic mass is 79.9. The van der Waals surface area contributed by atoms with Gasteiger partial charge in [0.2, 0.25) is 0 Å². The molecule has 0 fully saturated rings. The van der Waals surface area contributed by atoms with Crippen LogP contribution in [-0.4, -0.2) is 9.78 Å². The Kier molecular flexibility index (Phi) is 4.96. The third kappa shape index (κ3) is 3.43. The highest BCUT2D eigenvalue weighted by molar-refractivity contribution is 9.10. The summed E-state index contributed by atoms with van der Waals surface area (Å²) in [7, 11) is 1.88. The third-order valence-electron chi connectivity index (χ3n) is 4.47. The van der Waals surface area contributed by atoms with Gasteiger partial charge in [-0.15, -0.1) is 0 Å². The Morgan fingerprint density at radius 2 is 1.46 bits per heavy atom. The van der Waals surface area contributed by atoms with Crippen LogP contribution in [0.1, 0.15) is 0 Å². The number of aromatic nitrogens is 2. The molecule has 1 aromatic heterocycles. The second-order valence-corrected chi connectivity index (χ2v) is 7.14. The maximum Gasteiger partial charge on any atom is 0.159 e. The van der Waals surface area contributed by atoms with E-state index in [4.69, 9.17) is 0 Å². The van der Waals surface area contributed by atoms with E-state index in [2.05, 4.69) is 25.9 Å². The van der Waals surface area contributed by atoms with Crippen LogP contribution in [0, 0.1) is 11.6 Å². The van der Waals surface area contributed by atoms with E-state index in [0.717, 1.165) is 33.3 Å². The van der Waals surface area contributed by atoms with E-state index in [9.17, 15) is 8.78 Å². The summed E-state index contributed by atoms with van der Waals surface area (Å²) in [5.41, 5.74) is 3.33. The number of halogens is 3. The molecule has 0 bridgehead atoms. The molecule has 0 amide bonds. The predicted octanol–water partition coefficient (Wildman–Crippen LogP) is 6.60. The first-order valence-electron chi connectivity index (χ1n) is 8.63. The van der Waals surface area contributed by atoms with Crippen LogP contribution in [0.5, 0.6) is 0 Å². The molecule has 3 nitrogen and oxygen atoms in total. The molecular weight excluding hydrogens is 424 g/mol. The SMILES string of the molecule is Cn1ncc(Br)c1N(c1ccccc1)c1ccc(-c2ccc(F)c(F)c2)cc1. The van der Waals surface area contributed by atoms with Crippen LogP contribution < -0.4 is 4.90 Å². The van der Waals surface area contributed by atoms with E-state index in [1.54, 1.807) is 16.9 Å². The normalized spacial score (nSPS) is 10.9. The minimum Gasteiger partial charge on any atom is -0.294 e. The fraction of sp³-hybridized carbons (Fsp3) is 0.0455. The van der Waals surface area contributed by atoms with Crippen molar-refractivity contribution in [3.8, 4) is 11.1 Å². The summed E-state index contributed by atoms with van der Waals surface area (Å²) < 4.78 is 29.4. The van der Waals surface area contributed by atoms with Crippen LogP contribution in [0.15, 0.2) is 83.5 Å². The molecule has 140 valence electrons. The quantitative estimate of drug-likeness (QED) is 0.357. The van der Waals surface area contributed by atoms with Gasteiger partial charge in [-0.3, -0.25) is 9.58 Å². The molecule has 0 radical (unpaired) electrons. The largest absolute Gasteiger partial charge is 0.294 e. The Morgan fingerprint density at radius 1 is 0.821 bits per heavy atom. The molecule has 0 saturated carbocycles. The van der Waals surface area contributed by atoms with Crippen molar-refractivity contribution in [1.29, 1.82) is 0 Å². The molecule has 6 heteroatoms. The maximum atomic E-state index is 13.6. The Bertz CT molecular complexity index is 1090. The maximum absolute atomic E-state index is 13.6. The number of benzene rings is 3. The van der Waals surface area contributed by atoms with Crippen LogP contribution in [0.25, 0.3) is 11.1 Å². The van der Waals surface area contributed by atoms with Gasteiger partial charge in [0.1, 0.15) is 5.82 Å². The first kappa shape index (κ1) is 18.4. The van der Waals surface area contributed by atoms with Crippen LogP contribution >= 0.6 is 15.9 Å². The molecule has 0 N–H and O–H groups in total. The molecule has 4 rings (SSSR count). The number of nitrogens with zero attached hydrogens (tertiary/aromatic N) is 3. The summed E-state index contributed by atoms with van der Waals surface area (Å²) in [6.45, 7) is 0. The Balaban J connectivity index is 1.78. The van der Waals surface area contributed by atoms with Crippen molar-refractivity contribution >= 4 is 33.1 Å². The number of para-hydroxylation sites is 1. The summed E-state index contributed by atoms with van der Waals surface area (Å²) in [6.07, 6.45) is 1.75. The zero-order valence-electron chi connectivity index (χ0n) is 15.0. The lowest BCUT2D eigenvalue weighted by Gasteiger charge is -2.25. The van der Waals surface area contributed by atoms with Crippen molar-refractivity contribution < 1.29 is 8.78 Å². The lowest BCUT2D eigenvalue weighted by atomic mass is 10.0. The average molecular weight is 440 g/mol. The second-order valence-electron chi connectivity index (χ2n) is 6.29. The van der Waals surface area contributed by atoms with Gasteiger partial charge in [0.25, 0.3) is 0 Å². The van der Waals surface area contributed by atoms with Crippen LogP contribution in [0.3, 0.4) is 0 Å². The van der Waals surface area contributed by atoms with Gasteiger partial charge in [0.05, 0.1) is 10.7 Å². The van der Waals surface area contributed by atoms with E-state index in [1.165, 1.54) is 6.07 Å². The summed E-state index contributed by atoms with van der Waals surface area (Å²) >= 11 is 3.58. The van der Waals surface area contributed by atoms with Gasteiger partial charge < -0.3 is 0 Å². The van der Waals surface area contributed by atoms with Gasteiger partial charge in [0, 0.05) is 18.4 Å². The van der Waals surface area contributed by atoms with Crippen molar-refractivity contribution in [2.24, 2.45) is 7.05 Å². The van der Waals surface area contributed by atoms with Crippen LogP contribution in [-0.2, 0) is 7.05 Å². The van der Waals surface area contributed by atoms with E-state index in [0.29, 0.717) is 5.56 Å². The van der Waals surface area contributed by atoms with Crippen molar-refractivity contribution in [1.82, 2.24) is 9.78 Å². The molecule has 1 heterocycles. The molecule has 3 aromatic carbocycles. The van der Waals surface area contributed by atoms with Gasteiger partial charge >= 0.3 is 0 Å². The molecule has 0 aliphatic carbocycles. The summed E-state index contributed by atoms with van der Waals surface area (Å²) in [5, 5.41) is 4.32. The van der Waals surface area contributed by atoms with Crippen LogP contribution in [0.4, 0.5) is 26.0 Å². The zero-order chi connectivity index (χ0) is 19.7. The van der Waals surface area contributed by atoms with Gasteiger partial charge in [-0.1, -0.05) is 36.4 Å². The average Bonchev–Trinajstić information content (AvgIpc) is 3.04. The fourth-order valence-corrected chi connectivity index (χ4v) is 3.63. The van der Waals surface area contributed by atoms with E-state index >= 15 is 0 Å². The van der Waals surface area contributed by atoms with E-state index in [1.807, 2.05) is 61.6 Å². The first-order valence-corrected chi connectivity index (χ1v) is 9.42. The lowest BCUT2D eigenvalue weighted by Crippen LogP contribution is -2.14. The molecule has 0 aliphatic rings. The minimum atomic E-state index is -0.855. The van der Waals surface area contributed by atoms with Crippen molar-refractivity contribution in [3.05, 3.63) is 95.1 Å².